The Morgan fingerprint density at radius 2 is 1.56 bits per heavy atom. The first kappa shape index (κ1) is 38.2. The summed E-state index contributed by atoms with van der Waals surface area (Å²) in [4.78, 5) is 82.0. The summed E-state index contributed by atoms with van der Waals surface area (Å²) >= 11 is 0. The van der Waals surface area contributed by atoms with Gasteiger partial charge in [0, 0.05) is 24.4 Å². The Labute approximate surface area is 269 Å². The van der Waals surface area contributed by atoms with E-state index in [2.05, 4.69) is 20.7 Å². The van der Waals surface area contributed by atoms with E-state index in [1.807, 2.05) is 5.32 Å². The molecule has 0 aliphatic carbocycles. The molecule has 48 heavy (non-hydrogen) atoms. The number of hydrogen-bond acceptors (Lipinski definition) is 11. The molecule has 0 aliphatic rings. The zero-order valence-electron chi connectivity index (χ0n) is 25.3. The summed E-state index contributed by atoms with van der Waals surface area (Å²) in [6, 6.07) is 6.94. The molecule has 20 heteroatoms. The Morgan fingerprint density at radius 3 is 2.10 bits per heavy atom. The van der Waals surface area contributed by atoms with Gasteiger partial charge in [-0.1, -0.05) is 26.0 Å². The third kappa shape index (κ3) is 13.2. The van der Waals surface area contributed by atoms with Gasteiger partial charge in [0.1, 0.15) is 24.4 Å². The van der Waals surface area contributed by atoms with Gasteiger partial charge in [-0.25, -0.2) is 19.2 Å². The molecule has 0 radical (unpaired) electrons. The van der Waals surface area contributed by atoms with Crippen LogP contribution in [0.15, 0.2) is 48.5 Å². The second kappa shape index (κ2) is 17.7. The Bertz CT molecular complexity index is 1490. The topological polar surface area (TPSA) is 247 Å². The lowest BCUT2D eigenvalue weighted by molar-refractivity contribution is -0.384. The number of nitrogens with two attached hydrogens (primary N) is 1. The molecule has 260 valence electrons. The number of carbonyl (C=O) groups excluding carboxylic acids is 6. The summed E-state index contributed by atoms with van der Waals surface area (Å²) in [5.74, 6) is -5.25. The normalized spacial score (nSPS) is 12.1. The SMILES string of the molecule is CC(C)[C@H](NC(=O)OC(=O)C(F)(F)F)C(=O)N[C@@H](CCCNC(N)=O)C(=O)Nc1ccc(COC(=O)Oc2ccc([N+](=O)[O-])cc2)cc1. The number of benzene rings is 2. The second-order valence-corrected chi connectivity index (χ2v) is 10.1. The molecular formula is C28H31F3N6O11. The number of alkyl carbamates (subject to hydrolysis) is 1. The third-order valence-electron chi connectivity index (χ3n) is 6.07. The Hall–Kier alpha value is -5.95. The van der Waals surface area contributed by atoms with Crippen LogP contribution in [-0.2, 0) is 30.5 Å². The minimum Gasteiger partial charge on any atom is -0.429 e. The zero-order valence-corrected chi connectivity index (χ0v) is 25.3. The molecule has 0 spiro atoms. The smallest absolute Gasteiger partial charge is 0.429 e. The molecule has 2 aromatic rings. The first-order chi connectivity index (χ1) is 22.5. The maximum absolute atomic E-state index is 13.1. The highest BCUT2D eigenvalue weighted by atomic mass is 19.4. The number of ether oxygens (including phenoxy) is 3. The highest BCUT2D eigenvalue weighted by molar-refractivity contribution is 5.98. The van der Waals surface area contributed by atoms with Crippen LogP contribution in [0, 0.1) is 16.0 Å². The molecule has 0 aliphatic heterocycles. The van der Waals surface area contributed by atoms with Crippen molar-refractivity contribution in [2.75, 3.05) is 11.9 Å². The predicted molar refractivity (Wildman–Crippen MR) is 157 cm³/mol. The fourth-order valence-electron chi connectivity index (χ4n) is 3.70. The average Bonchev–Trinajstić information content (AvgIpc) is 3.00. The Morgan fingerprint density at radius 1 is 0.938 bits per heavy atom. The van der Waals surface area contributed by atoms with Crippen molar-refractivity contribution in [3.8, 4) is 5.75 Å². The molecule has 0 unspecified atom stereocenters. The van der Waals surface area contributed by atoms with Crippen LogP contribution in [0.4, 0.5) is 38.9 Å². The maximum Gasteiger partial charge on any atom is 0.514 e. The van der Waals surface area contributed by atoms with Gasteiger partial charge in [0.25, 0.3) is 5.69 Å². The van der Waals surface area contributed by atoms with E-state index in [0.717, 1.165) is 12.1 Å². The van der Waals surface area contributed by atoms with Crippen molar-refractivity contribution in [2.24, 2.45) is 11.7 Å². The lowest BCUT2D eigenvalue weighted by atomic mass is 10.0. The van der Waals surface area contributed by atoms with Crippen LogP contribution in [-0.4, -0.2) is 65.8 Å². The summed E-state index contributed by atoms with van der Waals surface area (Å²) < 4.78 is 51.0. The predicted octanol–water partition coefficient (Wildman–Crippen LogP) is 3.02. The minimum absolute atomic E-state index is 0.0164. The van der Waals surface area contributed by atoms with E-state index in [9.17, 15) is 52.1 Å². The summed E-state index contributed by atoms with van der Waals surface area (Å²) in [6.45, 7) is 2.64. The number of anilines is 1. The molecule has 0 aromatic heterocycles. The van der Waals surface area contributed by atoms with Gasteiger partial charge in [0.15, 0.2) is 0 Å². The quantitative estimate of drug-likeness (QED) is 0.0483. The lowest BCUT2D eigenvalue weighted by Crippen LogP contribution is -2.55. The van der Waals surface area contributed by atoms with Crippen molar-refractivity contribution >= 4 is 47.4 Å². The number of halogens is 3. The number of nitro groups is 1. The van der Waals surface area contributed by atoms with Gasteiger partial charge in [-0.15, -0.1) is 0 Å². The van der Waals surface area contributed by atoms with E-state index < -0.39 is 65.2 Å². The summed E-state index contributed by atoms with van der Waals surface area (Å²) in [5, 5.41) is 19.9. The average molecular weight is 685 g/mol. The molecule has 0 saturated heterocycles. The first-order valence-electron chi connectivity index (χ1n) is 13.9. The number of amides is 5. The Kier molecular flexibility index (Phi) is 14.1. The zero-order chi connectivity index (χ0) is 36.0. The number of hydrogen-bond donors (Lipinski definition) is 5. The number of alkyl halides is 3. The van der Waals surface area contributed by atoms with E-state index in [-0.39, 0.29) is 43.1 Å². The fraction of sp³-hybridized carbons (Fsp3) is 0.357. The van der Waals surface area contributed by atoms with E-state index in [4.69, 9.17) is 15.2 Å². The van der Waals surface area contributed by atoms with Gasteiger partial charge in [0.05, 0.1) is 4.92 Å². The summed E-state index contributed by atoms with van der Waals surface area (Å²) in [5.41, 5.74) is 5.54. The standard InChI is InChI=1S/C28H31F3N6O11/c1-15(2)21(36-26(42)48-24(40)28(29,30)31)23(39)35-20(4-3-13-33-25(32)41)22(38)34-17-7-5-16(6-8-17)14-46-27(43)47-19-11-9-18(10-12-19)37(44)45/h5-12,15,20-21H,3-4,13-14H2,1-2H3,(H,34,38)(H,35,39)(H,36,42)(H3,32,33,41)/t20-,21-/m0/s1. The molecular weight excluding hydrogens is 653 g/mol. The summed E-state index contributed by atoms with van der Waals surface area (Å²) in [6.07, 6.45) is -8.30. The molecule has 6 N–H and O–H groups in total. The van der Waals surface area contributed by atoms with Crippen LogP contribution in [0.2, 0.25) is 0 Å². The fourth-order valence-corrected chi connectivity index (χ4v) is 3.70. The molecule has 0 fully saturated rings. The molecule has 2 aromatic carbocycles. The number of non-ortho nitro benzene ring substituents is 1. The molecule has 0 heterocycles. The Balaban J connectivity index is 2.03. The van der Waals surface area contributed by atoms with Crippen molar-refractivity contribution in [1.29, 1.82) is 0 Å². The van der Waals surface area contributed by atoms with Crippen molar-refractivity contribution in [2.45, 2.75) is 51.6 Å². The molecule has 5 amide bonds. The van der Waals surface area contributed by atoms with Crippen LogP contribution >= 0.6 is 0 Å². The monoisotopic (exact) mass is 684 g/mol. The number of rotatable bonds is 14. The van der Waals surface area contributed by atoms with Crippen LogP contribution < -0.4 is 31.7 Å². The van der Waals surface area contributed by atoms with Gasteiger partial charge in [-0.2, -0.15) is 13.2 Å². The number of esters is 1. The van der Waals surface area contributed by atoms with Gasteiger partial charge in [0.2, 0.25) is 11.8 Å². The first-order valence-corrected chi connectivity index (χ1v) is 13.9. The molecule has 2 rings (SSSR count). The number of nitrogens with zero attached hydrogens (tertiary/aromatic N) is 1. The highest BCUT2D eigenvalue weighted by Gasteiger charge is 2.43. The number of nitro benzene ring substituents is 1. The van der Waals surface area contributed by atoms with Gasteiger partial charge < -0.3 is 41.2 Å². The largest absolute Gasteiger partial charge is 0.514 e. The number of primary amides is 1. The van der Waals surface area contributed by atoms with Crippen molar-refractivity contribution in [1.82, 2.24) is 16.0 Å². The van der Waals surface area contributed by atoms with E-state index in [0.29, 0.717) is 5.56 Å². The minimum atomic E-state index is -5.46. The van der Waals surface area contributed by atoms with E-state index in [1.54, 1.807) is 0 Å². The second-order valence-electron chi connectivity index (χ2n) is 10.1. The van der Waals surface area contributed by atoms with Crippen LogP contribution in [0.3, 0.4) is 0 Å². The highest BCUT2D eigenvalue weighted by Crippen LogP contribution is 2.19. The van der Waals surface area contributed by atoms with Crippen LogP contribution in [0.25, 0.3) is 0 Å². The summed E-state index contributed by atoms with van der Waals surface area (Å²) in [7, 11) is 0. The number of carbonyl (C=O) groups is 6. The van der Waals surface area contributed by atoms with Crippen molar-refractivity contribution < 1.29 is 61.1 Å². The van der Waals surface area contributed by atoms with E-state index in [1.165, 1.54) is 50.2 Å². The lowest BCUT2D eigenvalue weighted by Gasteiger charge is -2.25. The molecule has 17 nitrogen and oxygen atoms in total. The molecule has 2 atom stereocenters. The molecule has 0 saturated carbocycles. The van der Waals surface area contributed by atoms with E-state index >= 15 is 0 Å². The van der Waals surface area contributed by atoms with Crippen molar-refractivity contribution in [3.05, 3.63) is 64.2 Å². The molecule has 0 bridgehead atoms. The van der Waals surface area contributed by atoms with Gasteiger partial charge >= 0.3 is 30.4 Å². The third-order valence-corrected chi connectivity index (χ3v) is 6.07. The van der Waals surface area contributed by atoms with Crippen LogP contribution in [0.5, 0.6) is 5.75 Å². The maximum atomic E-state index is 13.1. The van der Waals surface area contributed by atoms with Gasteiger partial charge in [-0.05, 0) is 48.6 Å². The van der Waals surface area contributed by atoms with Crippen molar-refractivity contribution in [3.63, 3.8) is 0 Å². The number of urea groups is 1. The van der Waals surface area contributed by atoms with Crippen LogP contribution in [0.1, 0.15) is 32.3 Å². The number of nitrogens with one attached hydrogen (secondary N) is 4. The van der Waals surface area contributed by atoms with Gasteiger partial charge in [-0.3, -0.25) is 19.7 Å².